The summed E-state index contributed by atoms with van der Waals surface area (Å²) in [6, 6.07) is 0. The van der Waals surface area contributed by atoms with Crippen LogP contribution in [-0.4, -0.2) is 46.1 Å². The van der Waals surface area contributed by atoms with Crippen LogP contribution in [0.15, 0.2) is 6.20 Å². The predicted molar refractivity (Wildman–Crippen MR) is 62.5 cm³/mol. The molecule has 1 N–H and O–H groups in total. The number of rotatable bonds is 2. The van der Waals surface area contributed by atoms with Crippen molar-refractivity contribution >= 4 is 17.4 Å². The molecule has 0 aliphatic carbocycles. The Labute approximate surface area is 99.0 Å². The molecule has 0 saturated carbocycles. The van der Waals surface area contributed by atoms with Gasteiger partial charge in [-0.1, -0.05) is 4.49 Å². The summed E-state index contributed by atoms with van der Waals surface area (Å²) in [5, 5.41) is 7.01. The first-order valence-electron chi connectivity index (χ1n) is 5.40. The van der Waals surface area contributed by atoms with Crippen LogP contribution in [0.1, 0.15) is 29.4 Å². The lowest BCUT2D eigenvalue weighted by molar-refractivity contribution is 0.0666. The molecule has 0 atom stereocenters. The van der Waals surface area contributed by atoms with Crippen LogP contribution >= 0.6 is 11.5 Å². The van der Waals surface area contributed by atoms with E-state index < -0.39 is 0 Å². The molecule has 1 fully saturated rings. The second-order valence-corrected chi connectivity index (χ2v) is 5.17. The van der Waals surface area contributed by atoms with Gasteiger partial charge >= 0.3 is 0 Å². The van der Waals surface area contributed by atoms with Crippen LogP contribution in [-0.2, 0) is 0 Å². The number of carbonyl (C=O) groups is 1. The van der Waals surface area contributed by atoms with Gasteiger partial charge in [-0.25, -0.2) is 0 Å². The first-order valence-corrected chi connectivity index (χ1v) is 6.17. The van der Waals surface area contributed by atoms with E-state index in [9.17, 15) is 4.79 Å². The van der Waals surface area contributed by atoms with E-state index in [-0.39, 0.29) is 11.4 Å². The van der Waals surface area contributed by atoms with Crippen LogP contribution in [0.3, 0.4) is 0 Å². The summed E-state index contributed by atoms with van der Waals surface area (Å²) < 4.78 is 3.71. The highest BCUT2D eigenvalue weighted by atomic mass is 32.1. The summed E-state index contributed by atoms with van der Waals surface area (Å²) in [6.07, 6.45) is 3.52. The van der Waals surface area contributed by atoms with E-state index in [1.165, 1.54) is 0 Å². The van der Waals surface area contributed by atoms with Crippen molar-refractivity contribution < 1.29 is 4.79 Å². The normalized spacial score (nSPS) is 19.8. The lowest BCUT2D eigenvalue weighted by Gasteiger charge is -2.39. The Morgan fingerprint density at radius 2 is 2.25 bits per heavy atom. The molecule has 1 saturated heterocycles. The Bertz CT molecular complexity index is 357. The third-order valence-electron chi connectivity index (χ3n) is 3.33. The molecule has 0 radical (unpaired) electrons. The number of amides is 1. The Morgan fingerprint density at radius 3 is 2.75 bits per heavy atom. The van der Waals surface area contributed by atoms with Crippen molar-refractivity contribution in [2.45, 2.75) is 25.3 Å². The molecule has 88 valence electrons. The fourth-order valence-electron chi connectivity index (χ4n) is 1.87. The summed E-state index contributed by atoms with van der Waals surface area (Å²) in [5.74, 6) is 0.0631. The topological polar surface area (TPSA) is 58.1 Å². The predicted octanol–water partition coefficient (Wildman–Crippen LogP) is 0.752. The Kier molecular flexibility index (Phi) is 3.20. The van der Waals surface area contributed by atoms with Gasteiger partial charge in [-0.2, -0.15) is 0 Å². The number of aromatic nitrogens is 2. The van der Waals surface area contributed by atoms with Gasteiger partial charge in [0, 0.05) is 18.6 Å². The van der Waals surface area contributed by atoms with Gasteiger partial charge in [-0.15, -0.1) is 5.10 Å². The second kappa shape index (κ2) is 4.47. The summed E-state index contributed by atoms with van der Waals surface area (Å²) in [6.45, 7) is 3.80. The molecule has 1 aliphatic heterocycles. The van der Waals surface area contributed by atoms with Crippen molar-refractivity contribution in [1.82, 2.24) is 19.8 Å². The summed E-state index contributed by atoms with van der Waals surface area (Å²) in [4.78, 5) is 14.5. The van der Waals surface area contributed by atoms with Gasteiger partial charge in [-0.05, 0) is 38.3 Å². The fraction of sp³-hybridized carbons (Fsp3) is 0.700. The van der Waals surface area contributed by atoms with E-state index in [2.05, 4.69) is 21.8 Å². The zero-order valence-corrected chi connectivity index (χ0v) is 10.4. The molecule has 2 rings (SSSR count). The number of nitrogens with zero attached hydrogens (tertiary/aromatic N) is 3. The van der Waals surface area contributed by atoms with Crippen molar-refractivity contribution in [1.29, 1.82) is 0 Å². The number of likely N-dealkylation sites (tertiary alicyclic amines) is 1. The third-order valence-corrected chi connectivity index (χ3v) is 3.98. The van der Waals surface area contributed by atoms with Crippen molar-refractivity contribution in [3.05, 3.63) is 11.1 Å². The molecule has 5 nitrogen and oxygen atoms in total. The Morgan fingerprint density at radius 1 is 1.56 bits per heavy atom. The number of nitrogens with one attached hydrogen (secondary N) is 1. The standard InChI is InChI=1S/C10H16N4OS/c1-10(11-2)3-5-14(6-4-10)9(15)8-7-12-13-16-8/h7,11H,3-6H2,1-2H3. The maximum Gasteiger partial charge on any atom is 0.267 e. The minimum Gasteiger partial charge on any atom is -0.338 e. The highest BCUT2D eigenvalue weighted by Gasteiger charge is 2.31. The van der Waals surface area contributed by atoms with Crippen molar-refractivity contribution in [3.63, 3.8) is 0 Å². The van der Waals surface area contributed by atoms with E-state index in [0.717, 1.165) is 37.5 Å². The Hall–Kier alpha value is -1.01. The van der Waals surface area contributed by atoms with Crippen molar-refractivity contribution in [3.8, 4) is 0 Å². The SMILES string of the molecule is CNC1(C)CCN(C(=O)c2cnns2)CC1. The van der Waals surface area contributed by atoms with E-state index in [4.69, 9.17) is 0 Å². The number of hydrogen-bond donors (Lipinski definition) is 1. The van der Waals surface area contributed by atoms with Gasteiger partial charge < -0.3 is 10.2 Å². The average Bonchev–Trinajstić information content (AvgIpc) is 2.83. The van der Waals surface area contributed by atoms with Gasteiger partial charge in [0.25, 0.3) is 5.91 Å². The lowest BCUT2D eigenvalue weighted by atomic mass is 9.90. The van der Waals surface area contributed by atoms with Gasteiger partial charge in [0.2, 0.25) is 0 Å². The molecular weight excluding hydrogens is 224 g/mol. The van der Waals surface area contributed by atoms with Crippen LogP contribution in [0.2, 0.25) is 0 Å². The quantitative estimate of drug-likeness (QED) is 0.829. The fourth-order valence-corrected chi connectivity index (χ4v) is 2.35. The first kappa shape index (κ1) is 11.5. The van der Waals surface area contributed by atoms with E-state index in [0.29, 0.717) is 4.88 Å². The van der Waals surface area contributed by atoms with Crippen LogP contribution in [0.4, 0.5) is 0 Å². The molecule has 6 heteroatoms. The summed E-state index contributed by atoms with van der Waals surface area (Å²) in [7, 11) is 1.98. The highest BCUT2D eigenvalue weighted by Crippen LogP contribution is 2.22. The molecule has 0 spiro atoms. The monoisotopic (exact) mass is 240 g/mol. The zero-order chi connectivity index (χ0) is 11.6. The Balaban J connectivity index is 1.97. The number of piperidine rings is 1. The first-order chi connectivity index (χ1) is 7.64. The summed E-state index contributed by atoms with van der Waals surface area (Å²) >= 11 is 1.16. The average molecular weight is 240 g/mol. The summed E-state index contributed by atoms with van der Waals surface area (Å²) in [5.41, 5.74) is 0.169. The van der Waals surface area contributed by atoms with Gasteiger partial charge in [0.15, 0.2) is 0 Å². The molecule has 16 heavy (non-hydrogen) atoms. The largest absolute Gasteiger partial charge is 0.338 e. The number of carbonyl (C=O) groups excluding carboxylic acids is 1. The molecule has 1 amide bonds. The zero-order valence-electron chi connectivity index (χ0n) is 9.56. The second-order valence-electron chi connectivity index (χ2n) is 4.38. The van der Waals surface area contributed by atoms with E-state index in [1.54, 1.807) is 6.20 Å². The number of hydrogen-bond acceptors (Lipinski definition) is 5. The molecule has 0 unspecified atom stereocenters. The minimum absolute atomic E-state index is 0.0631. The van der Waals surface area contributed by atoms with Crippen LogP contribution in [0.25, 0.3) is 0 Å². The smallest absolute Gasteiger partial charge is 0.267 e. The maximum absolute atomic E-state index is 12.0. The molecule has 1 aromatic heterocycles. The lowest BCUT2D eigenvalue weighted by Crippen LogP contribution is -2.51. The van der Waals surface area contributed by atoms with Crippen LogP contribution in [0.5, 0.6) is 0 Å². The molecule has 1 aromatic rings. The molecule has 2 heterocycles. The van der Waals surface area contributed by atoms with Gasteiger partial charge in [0.1, 0.15) is 4.88 Å². The van der Waals surface area contributed by atoms with Crippen LogP contribution in [0, 0.1) is 0 Å². The van der Waals surface area contributed by atoms with Crippen molar-refractivity contribution in [2.75, 3.05) is 20.1 Å². The molecule has 1 aliphatic rings. The molecule has 0 aromatic carbocycles. The highest BCUT2D eigenvalue weighted by molar-refractivity contribution is 7.07. The van der Waals surface area contributed by atoms with Crippen molar-refractivity contribution in [2.24, 2.45) is 0 Å². The van der Waals surface area contributed by atoms with E-state index >= 15 is 0 Å². The van der Waals surface area contributed by atoms with Gasteiger partial charge in [0.05, 0.1) is 6.20 Å². The van der Waals surface area contributed by atoms with Gasteiger partial charge in [-0.3, -0.25) is 4.79 Å². The van der Waals surface area contributed by atoms with E-state index in [1.807, 2.05) is 11.9 Å². The minimum atomic E-state index is 0.0631. The molecular formula is C10H16N4OS. The van der Waals surface area contributed by atoms with Crippen LogP contribution < -0.4 is 5.32 Å². The maximum atomic E-state index is 12.0. The third kappa shape index (κ3) is 2.22. The molecule has 0 bridgehead atoms.